The van der Waals surface area contributed by atoms with Gasteiger partial charge in [0.1, 0.15) is 5.82 Å². The van der Waals surface area contributed by atoms with E-state index in [1.807, 2.05) is 26.1 Å². The van der Waals surface area contributed by atoms with E-state index < -0.39 is 0 Å². The maximum Gasteiger partial charge on any atom is 0.194 e. The molecule has 1 aliphatic rings. The average molecular weight is 391 g/mol. The zero-order chi connectivity index (χ0) is 13.8. The minimum absolute atomic E-state index is 0. The Kier molecular flexibility index (Phi) is 6.71. The van der Waals surface area contributed by atoms with Crippen molar-refractivity contribution in [3.8, 4) is 0 Å². The van der Waals surface area contributed by atoms with Gasteiger partial charge in [-0.05, 0) is 37.0 Å². The summed E-state index contributed by atoms with van der Waals surface area (Å²) in [5, 5.41) is 3.47. The first-order chi connectivity index (χ1) is 9.10. The number of nitrogens with one attached hydrogen (secondary N) is 1. The van der Waals surface area contributed by atoms with Crippen molar-refractivity contribution in [2.75, 3.05) is 13.6 Å². The summed E-state index contributed by atoms with van der Waals surface area (Å²) in [6.45, 7) is 5.76. The van der Waals surface area contributed by atoms with Gasteiger partial charge in [-0.15, -0.1) is 24.0 Å². The van der Waals surface area contributed by atoms with Crippen molar-refractivity contribution in [2.45, 2.75) is 32.9 Å². The van der Waals surface area contributed by atoms with Crippen molar-refractivity contribution < 1.29 is 4.39 Å². The summed E-state index contributed by atoms with van der Waals surface area (Å²) in [7, 11) is 2.01. The van der Waals surface area contributed by atoms with Crippen LogP contribution in [0.4, 0.5) is 4.39 Å². The molecule has 2 unspecified atom stereocenters. The lowest BCUT2D eigenvalue weighted by molar-refractivity contribution is 0.472. The maximum atomic E-state index is 12.9. The topological polar surface area (TPSA) is 27.6 Å². The Morgan fingerprint density at radius 3 is 2.50 bits per heavy atom. The van der Waals surface area contributed by atoms with E-state index >= 15 is 0 Å². The maximum absolute atomic E-state index is 12.9. The molecule has 1 N–H and O–H groups in total. The molecule has 2 atom stereocenters. The fraction of sp³-hybridized carbons (Fsp3) is 0.533. The molecule has 1 aromatic carbocycles. The van der Waals surface area contributed by atoms with Crippen molar-refractivity contribution in [3.05, 3.63) is 35.6 Å². The Bertz CT molecular complexity index is 447. The van der Waals surface area contributed by atoms with Crippen molar-refractivity contribution in [1.82, 2.24) is 10.2 Å². The van der Waals surface area contributed by atoms with E-state index in [4.69, 9.17) is 0 Å². The predicted octanol–water partition coefficient (Wildman–Crippen LogP) is 3.25. The zero-order valence-corrected chi connectivity index (χ0v) is 14.6. The molecule has 1 saturated carbocycles. The third-order valence-electron chi connectivity index (χ3n) is 3.43. The van der Waals surface area contributed by atoms with Crippen LogP contribution in [0.3, 0.4) is 0 Å². The molecule has 0 amide bonds. The van der Waals surface area contributed by atoms with E-state index in [1.165, 1.54) is 18.6 Å². The molecule has 0 aliphatic heterocycles. The lowest BCUT2D eigenvalue weighted by atomic mass is 10.2. The molecule has 0 radical (unpaired) electrons. The largest absolute Gasteiger partial charge is 0.353 e. The molecule has 0 bridgehead atoms. The number of guanidine groups is 1. The Balaban J connectivity index is 0.00000200. The van der Waals surface area contributed by atoms with Crippen molar-refractivity contribution in [2.24, 2.45) is 10.9 Å². The van der Waals surface area contributed by atoms with E-state index in [2.05, 4.69) is 22.1 Å². The van der Waals surface area contributed by atoms with Gasteiger partial charge in [0.15, 0.2) is 5.96 Å². The fourth-order valence-electron chi connectivity index (χ4n) is 2.05. The minimum Gasteiger partial charge on any atom is -0.353 e. The number of rotatable bonds is 4. The molecule has 3 nitrogen and oxygen atoms in total. The number of benzene rings is 1. The van der Waals surface area contributed by atoms with E-state index in [0.717, 1.165) is 30.5 Å². The Morgan fingerprint density at radius 1 is 1.40 bits per heavy atom. The third kappa shape index (κ3) is 4.92. The molecule has 112 valence electrons. The molecular formula is C15H23FIN3. The minimum atomic E-state index is -0.196. The summed E-state index contributed by atoms with van der Waals surface area (Å²) in [5.74, 6) is 1.47. The number of nitrogens with zero attached hydrogens (tertiary/aromatic N) is 2. The van der Waals surface area contributed by atoms with Crippen LogP contribution in [0.25, 0.3) is 0 Å². The Hall–Kier alpha value is -0.850. The van der Waals surface area contributed by atoms with Crippen LogP contribution < -0.4 is 5.32 Å². The van der Waals surface area contributed by atoms with Gasteiger partial charge < -0.3 is 10.2 Å². The van der Waals surface area contributed by atoms with Crippen molar-refractivity contribution in [1.29, 1.82) is 0 Å². The van der Waals surface area contributed by atoms with Crippen LogP contribution >= 0.6 is 24.0 Å². The van der Waals surface area contributed by atoms with E-state index in [9.17, 15) is 4.39 Å². The fourth-order valence-corrected chi connectivity index (χ4v) is 2.05. The van der Waals surface area contributed by atoms with Gasteiger partial charge in [-0.25, -0.2) is 4.39 Å². The van der Waals surface area contributed by atoms with Crippen molar-refractivity contribution in [3.63, 3.8) is 0 Å². The number of hydrogen-bond donors (Lipinski definition) is 1. The first kappa shape index (κ1) is 17.2. The molecule has 0 saturated heterocycles. The van der Waals surface area contributed by atoms with Gasteiger partial charge in [-0.2, -0.15) is 0 Å². The van der Waals surface area contributed by atoms with Crippen LogP contribution in [0.15, 0.2) is 29.3 Å². The summed E-state index contributed by atoms with van der Waals surface area (Å²) in [6, 6.07) is 7.18. The summed E-state index contributed by atoms with van der Waals surface area (Å²) in [5.41, 5.74) is 1.08. The standard InChI is InChI=1S/C15H22FN3.HI/c1-4-17-15(18-14-9-11(14)2)19(3)10-12-5-7-13(16)8-6-12;/h5-8,11,14H,4,9-10H2,1-3H3,(H,17,18);1H. The molecule has 0 spiro atoms. The van der Waals surface area contributed by atoms with Crippen LogP contribution in [-0.2, 0) is 6.54 Å². The number of aliphatic imine (C=N–C) groups is 1. The quantitative estimate of drug-likeness (QED) is 0.485. The summed E-state index contributed by atoms with van der Waals surface area (Å²) < 4.78 is 12.9. The second-order valence-electron chi connectivity index (χ2n) is 5.24. The van der Waals surface area contributed by atoms with Crippen LogP contribution in [0.2, 0.25) is 0 Å². The SMILES string of the molecule is CCN=C(NC1CC1C)N(C)Cc1ccc(F)cc1.I. The van der Waals surface area contributed by atoms with Gasteiger partial charge in [0.2, 0.25) is 0 Å². The smallest absolute Gasteiger partial charge is 0.194 e. The lowest BCUT2D eigenvalue weighted by Crippen LogP contribution is -2.40. The highest BCUT2D eigenvalue weighted by molar-refractivity contribution is 14.0. The van der Waals surface area contributed by atoms with E-state index in [1.54, 1.807) is 0 Å². The zero-order valence-electron chi connectivity index (χ0n) is 12.3. The van der Waals surface area contributed by atoms with Crippen molar-refractivity contribution >= 4 is 29.9 Å². The highest BCUT2D eigenvalue weighted by Gasteiger charge is 2.33. The summed E-state index contributed by atoms with van der Waals surface area (Å²) in [6.07, 6.45) is 1.22. The third-order valence-corrected chi connectivity index (χ3v) is 3.43. The molecule has 0 heterocycles. The Labute approximate surface area is 137 Å². The monoisotopic (exact) mass is 391 g/mol. The molecule has 1 aromatic rings. The second-order valence-corrected chi connectivity index (χ2v) is 5.24. The van der Waals surface area contributed by atoms with Crippen LogP contribution in [-0.4, -0.2) is 30.5 Å². The van der Waals surface area contributed by atoms with Gasteiger partial charge in [0.25, 0.3) is 0 Å². The molecule has 2 rings (SSSR count). The average Bonchev–Trinajstić information content (AvgIpc) is 3.07. The molecular weight excluding hydrogens is 368 g/mol. The molecule has 20 heavy (non-hydrogen) atoms. The first-order valence-corrected chi connectivity index (χ1v) is 6.86. The van der Waals surface area contributed by atoms with Gasteiger partial charge in [0, 0.05) is 26.2 Å². The van der Waals surface area contributed by atoms with E-state index in [-0.39, 0.29) is 29.8 Å². The molecule has 1 aliphatic carbocycles. The van der Waals surface area contributed by atoms with Gasteiger partial charge >= 0.3 is 0 Å². The van der Waals surface area contributed by atoms with Crippen LogP contribution in [0.1, 0.15) is 25.8 Å². The van der Waals surface area contributed by atoms with Crippen LogP contribution in [0, 0.1) is 11.7 Å². The lowest BCUT2D eigenvalue weighted by Gasteiger charge is -2.22. The first-order valence-electron chi connectivity index (χ1n) is 6.86. The Morgan fingerprint density at radius 2 is 2.00 bits per heavy atom. The highest BCUT2D eigenvalue weighted by atomic mass is 127. The van der Waals surface area contributed by atoms with Gasteiger partial charge in [-0.3, -0.25) is 4.99 Å². The normalized spacial score (nSPS) is 21.1. The number of hydrogen-bond acceptors (Lipinski definition) is 1. The number of halogens is 2. The van der Waals surface area contributed by atoms with E-state index in [0.29, 0.717) is 6.04 Å². The summed E-state index contributed by atoms with van der Waals surface area (Å²) >= 11 is 0. The summed E-state index contributed by atoms with van der Waals surface area (Å²) in [4.78, 5) is 6.59. The molecule has 5 heteroatoms. The second kappa shape index (κ2) is 7.81. The molecule has 0 aromatic heterocycles. The van der Waals surface area contributed by atoms with Crippen LogP contribution in [0.5, 0.6) is 0 Å². The van der Waals surface area contributed by atoms with Gasteiger partial charge in [-0.1, -0.05) is 19.1 Å². The predicted molar refractivity (Wildman–Crippen MR) is 92.0 cm³/mol. The van der Waals surface area contributed by atoms with Gasteiger partial charge in [0.05, 0.1) is 0 Å². The highest BCUT2D eigenvalue weighted by Crippen LogP contribution is 2.29. The molecule has 1 fully saturated rings.